The Labute approximate surface area is 289 Å². The fourth-order valence-corrected chi connectivity index (χ4v) is 5.73. The maximum absolute atomic E-state index is 11.5. The van der Waals surface area contributed by atoms with Crippen molar-refractivity contribution < 1.29 is 36.1 Å². The molecular formula is C41H47HfNO2. The van der Waals surface area contributed by atoms with Gasteiger partial charge in [-0.15, -0.1) is 0 Å². The van der Waals surface area contributed by atoms with Crippen LogP contribution in [0.3, 0.4) is 0 Å². The fraction of sp³-hybridized carbons (Fsp3) is 0.293. The molecule has 2 N–H and O–H groups in total. The number of aryl methyl sites for hydroxylation is 2. The van der Waals surface area contributed by atoms with Crippen LogP contribution in [0.4, 0.5) is 0 Å². The summed E-state index contributed by atoms with van der Waals surface area (Å²) >= 11 is 0. The van der Waals surface area contributed by atoms with Gasteiger partial charge in [0.1, 0.15) is 11.5 Å². The van der Waals surface area contributed by atoms with E-state index in [2.05, 4.69) is 104 Å². The zero-order chi connectivity index (χ0) is 32.4. The van der Waals surface area contributed by atoms with E-state index < -0.39 is 0 Å². The maximum Gasteiger partial charge on any atom is 0.127 e. The Balaban J connectivity index is 0.00000180. The smallest absolute Gasteiger partial charge is 0.127 e. The number of hydrogen-bond acceptors (Lipinski definition) is 3. The molecule has 0 fully saturated rings. The average molecular weight is 764 g/mol. The van der Waals surface area contributed by atoms with Crippen molar-refractivity contribution in [1.29, 1.82) is 0 Å². The van der Waals surface area contributed by atoms with Gasteiger partial charge in [0.25, 0.3) is 0 Å². The summed E-state index contributed by atoms with van der Waals surface area (Å²) in [7, 11) is 0. The molecule has 0 spiro atoms. The molecular weight excluding hydrogens is 717 g/mol. The van der Waals surface area contributed by atoms with Gasteiger partial charge in [-0.1, -0.05) is 122 Å². The minimum Gasteiger partial charge on any atom is -0.507 e. The molecule has 0 saturated carbocycles. The standard InChI is InChI=1S/C39H41NO2.C2H6.Hf/c1-24-20-30(36(41)32(22-24)38(3,4)5)26-14-9-11-16-28(26)34-18-13-19-35(40-34)29-17-12-10-15-27(29)31-21-25(2)23-33(37(31)42)39(6,7)8;1-2;/h9-23,41-42H,1-8H3;1-2H3;. The molecule has 0 saturated heterocycles. The van der Waals surface area contributed by atoms with Crippen molar-refractivity contribution >= 4 is 0 Å². The van der Waals surface area contributed by atoms with Crippen molar-refractivity contribution in [3.05, 3.63) is 113 Å². The topological polar surface area (TPSA) is 53.4 Å². The van der Waals surface area contributed by atoms with Gasteiger partial charge in [-0.3, -0.25) is 0 Å². The van der Waals surface area contributed by atoms with Gasteiger partial charge in [0.05, 0.1) is 11.4 Å². The Bertz CT molecular complexity index is 1660. The van der Waals surface area contributed by atoms with Crippen LogP contribution >= 0.6 is 0 Å². The van der Waals surface area contributed by atoms with E-state index in [4.69, 9.17) is 4.98 Å². The number of phenols is 2. The molecule has 4 aromatic carbocycles. The second-order valence-electron chi connectivity index (χ2n) is 13.4. The van der Waals surface area contributed by atoms with E-state index in [0.29, 0.717) is 11.5 Å². The summed E-state index contributed by atoms with van der Waals surface area (Å²) in [6.45, 7) is 20.9. The molecule has 5 rings (SSSR count). The third-order valence-corrected chi connectivity index (χ3v) is 7.86. The summed E-state index contributed by atoms with van der Waals surface area (Å²) in [4.78, 5) is 5.17. The van der Waals surface area contributed by atoms with Gasteiger partial charge in [-0.25, -0.2) is 4.98 Å². The predicted octanol–water partition coefficient (Wildman–Crippen LogP) is 11.4. The zero-order valence-electron chi connectivity index (χ0n) is 28.5. The molecule has 232 valence electrons. The van der Waals surface area contributed by atoms with Gasteiger partial charge < -0.3 is 10.2 Å². The van der Waals surface area contributed by atoms with Crippen molar-refractivity contribution in [2.24, 2.45) is 0 Å². The SMILES string of the molecule is CC.Cc1cc(-c2ccccc2-c2cccc(-c3ccccc3-c3cc(C)cc(C(C)(C)C)c3O)n2)c(O)c(C(C)(C)C)c1.[Hf]. The normalized spacial score (nSPS) is 11.3. The number of rotatable bonds is 4. The molecule has 4 heteroatoms. The number of hydrogen-bond donors (Lipinski definition) is 2. The summed E-state index contributed by atoms with van der Waals surface area (Å²) in [5.74, 6) is 0.623. The molecule has 1 aromatic heterocycles. The molecule has 1 heterocycles. The van der Waals surface area contributed by atoms with Gasteiger partial charge in [0.15, 0.2) is 0 Å². The summed E-state index contributed by atoms with van der Waals surface area (Å²) in [6, 6.07) is 30.6. The van der Waals surface area contributed by atoms with Crippen LogP contribution in [0.2, 0.25) is 0 Å². The van der Waals surface area contributed by atoms with Crippen LogP contribution in [-0.4, -0.2) is 15.2 Å². The Morgan fingerprint density at radius 1 is 0.467 bits per heavy atom. The third kappa shape index (κ3) is 7.66. The van der Waals surface area contributed by atoms with Crippen molar-refractivity contribution in [3.8, 4) is 56.3 Å². The van der Waals surface area contributed by atoms with Gasteiger partial charge in [-0.05, 0) is 71.2 Å². The van der Waals surface area contributed by atoms with Crippen molar-refractivity contribution in [2.75, 3.05) is 0 Å². The molecule has 0 radical (unpaired) electrons. The molecule has 0 bridgehead atoms. The molecule has 3 nitrogen and oxygen atoms in total. The van der Waals surface area contributed by atoms with Crippen LogP contribution in [0, 0.1) is 13.8 Å². The molecule has 0 unspecified atom stereocenters. The first-order valence-corrected chi connectivity index (χ1v) is 15.6. The number of phenolic OH excluding ortho intramolecular Hbond substituents is 2. The summed E-state index contributed by atoms with van der Waals surface area (Å²) in [5.41, 5.74) is 10.7. The Hall–Kier alpha value is -3.50. The van der Waals surface area contributed by atoms with E-state index in [1.54, 1.807) is 0 Å². The van der Waals surface area contributed by atoms with Gasteiger partial charge in [-0.2, -0.15) is 0 Å². The van der Waals surface area contributed by atoms with Crippen LogP contribution < -0.4 is 0 Å². The Kier molecular flexibility index (Phi) is 11.4. The van der Waals surface area contributed by atoms with E-state index >= 15 is 0 Å². The van der Waals surface area contributed by atoms with E-state index in [9.17, 15) is 10.2 Å². The molecule has 45 heavy (non-hydrogen) atoms. The van der Waals surface area contributed by atoms with Crippen LogP contribution in [0.5, 0.6) is 11.5 Å². The number of aromatic nitrogens is 1. The van der Waals surface area contributed by atoms with Crippen LogP contribution in [0.1, 0.15) is 77.6 Å². The quantitative estimate of drug-likeness (QED) is 0.179. The molecule has 0 amide bonds. The van der Waals surface area contributed by atoms with Crippen LogP contribution in [0.15, 0.2) is 91.0 Å². The van der Waals surface area contributed by atoms with E-state index in [0.717, 1.165) is 67.0 Å². The number of pyridine rings is 1. The van der Waals surface area contributed by atoms with Crippen molar-refractivity contribution in [2.45, 2.75) is 80.1 Å². The monoisotopic (exact) mass is 765 g/mol. The predicted molar refractivity (Wildman–Crippen MR) is 188 cm³/mol. The Morgan fingerprint density at radius 3 is 1.13 bits per heavy atom. The Morgan fingerprint density at radius 2 is 0.800 bits per heavy atom. The summed E-state index contributed by atoms with van der Waals surface area (Å²) < 4.78 is 0. The number of nitrogens with zero attached hydrogens (tertiary/aromatic N) is 1. The number of aromatic hydroxyl groups is 2. The first-order chi connectivity index (χ1) is 20.8. The van der Waals surface area contributed by atoms with E-state index in [1.165, 1.54) is 0 Å². The minimum atomic E-state index is -0.199. The zero-order valence-corrected chi connectivity index (χ0v) is 32.1. The van der Waals surface area contributed by atoms with E-state index in [1.807, 2.05) is 56.3 Å². The molecule has 0 aliphatic rings. The number of benzene rings is 4. The second-order valence-corrected chi connectivity index (χ2v) is 13.4. The first-order valence-electron chi connectivity index (χ1n) is 15.6. The maximum atomic E-state index is 11.5. The molecule has 0 atom stereocenters. The molecule has 5 aromatic rings. The van der Waals surface area contributed by atoms with Crippen LogP contribution in [0.25, 0.3) is 44.8 Å². The summed E-state index contributed by atoms with van der Waals surface area (Å²) in [5, 5.41) is 22.9. The minimum absolute atomic E-state index is 0. The molecule has 0 aliphatic carbocycles. The average Bonchev–Trinajstić information content (AvgIpc) is 2.99. The fourth-order valence-electron chi connectivity index (χ4n) is 5.73. The van der Waals surface area contributed by atoms with Crippen molar-refractivity contribution in [1.82, 2.24) is 4.98 Å². The first kappa shape index (κ1) is 36.0. The van der Waals surface area contributed by atoms with E-state index in [-0.39, 0.29) is 36.7 Å². The third-order valence-electron chi connectivity index (χ3n) is 7.86. The van der Waals surface area contributed by atoms with Gasteiger partial charge >= 0.3 is 0 Å². The summed E-state index contributed by atoms with van der Waals surface area (Å²) in [6.07, 6.45) is 0. The molecule has 0 aliphatic heterocycles. The van der Waals surface area contributed by atoms with Gasteiger partial charge in [0, 0.05) is 59.2 Å². The van der Waals surface area contributed by atoms with Crippen molar-refractivity contribution in [3.63, 3.8) is 0 Å². The largest absolute Gasteiger partial charge is 0.507 e. The second kappa shape index (κ2) is 14.3. The van der Waals surface area contributed by atoms with Crippen LogP contribution in [-0.2, 0) is 36.7 Å². The van der Waals surface area contributed by atoms with Gasteiger partial charge in [0.2, 0.25) is 0 Å².